The Labute approximate surface area is 90.6 Å². The van der Waals surface area contributed by atoms with E-state index >= 15 is 0 Å². The summed E-state index contributed by atoms with van der Waals surface area (Å²) in [6.45, 7) is 13.6. The van der Waals surface area contributed by atoms with Crippen LogP contribution in [-0.4, -0.2) is 23.3 Å². The molecule has 0 aliphatic rings. The minimum atomic E-state index is -1.32. The molecule has 0 fully saturated rings. The fraction of sp³-hybridized carbons (Fsp3) is 0.636. The fourth-order valence-electron chi connectivity index (χ4n) is 0.766. The Morgan fingerprint density at radius 2 is 1.57 bits per heavy atom. The Morgan fingerprint density at radius 3 is 1.86 bits per heavy atom. The quantitative estimate of drug-likeness (QED) is 0.399. The highest BCUT2D eigenvalue weighted by Crippen LogP contribution is 2.13. The van der Waals surface area contributed by atoms with E-state index < -0.39 is 16.1 Å². The molecule has 0 N–H and O–H groups in total. The number of hydrogen-bond acceptors (Lipinski definition) is 1. The molecule has 80 valence electrons. The van der Waals surface area contributed by atoms with Gasteiger partial charge < -0.3 is 4.74 Å². The summed E-state index contributed by atoms with van der Waals surface area (Å²) in [6, 6.07) is 0. The van der Waals surface area contributed by atoms with Crippen LogP contribution in [-0.2, 0) is 4.74 Å². The second-order valence-electron chi connectivity index (χ2n) is 5.52. The van der Waals surface area contributed by atoms with Crippen molar-refractivity contribution >= 4 is 16.1 Å². The lowest BCUT2D eigenvalue weighted by atomic mass is 10.6. The van der Waals surface area contributed by atoms with E-state index in [2.05, 4.69) is 50.7 Å². The maximum atomic E-state index is 5.08. The van der Waals surface area contributed by atoms with Gasteiger partial charge >= 0.3 is 0 Å². The monoisotopic (exact) mass is 226 g/mol. The summed E-state index contributed by atoms with van der Waals surface area (Å²) in [7, 11) is -0.895. The average molecular weight is 226 g/mol. The highest BCUT2D eigenvalue weighted by molar-refractivity contribution is 6.86. The standard InChI is InChI=1S/C11H22OSi2/c1-12-10-11(14(5,6)7)8-9-13(2,3)4/h10H,1-7H3/b11-10-. The Kier molecular flexibility index (Phi) is 4.69. The van der Waals surface area contributed by atoms with Gasteiger partial charge in [-0.15, -0.1) is 5.54 Å². The van der Waals surface area contributed by atoms with Crippen molar-refractivity contribution in [2.75, 3.05) is 7.11 Å². The molecule has 0 atom stereocenters. The fourth-order valence-corrected chi connectivity index (χ4v) is 2.31. The maximum Gasteiger partial charge on any atom is 0.129 e. The topological polar surface area (TPSA) is 9.23 Å². The summed E-state index contributed by atoms with van der Waals surface area (Å²) in [5.74, 6) is 3.31. The first-order valence-corrected chi connectivity index (χ1v) is 11.9. The third kappa shape index (κ3) is 6.06. The van der Waals surface area contributed by atoms with E-state index in [1.54, 1.807) is 7.11 Å². The zero-order valence-corrected chi connectivity index (χ0v) is 12.5. The zero-order valence-electron chi connectivity index (χ0n) is 10.5. The highest BCUT2D eigenvalue weighted by atomic mass is 28.3. The molecular formula is C11H22OSi2. The Bertz CT molecular complexity index is 268. The van der Waals surface area contributed by atoms with Crippen molar-refractivity contribution in [3.8, 4) is 11.5 Å². The van der Waals surface area contributed by atoms with Gasteiger partial charge in [0.2, 0.25) is 0 Å². The Morgan fingerprint density at radius 1 is 1.07 bits per heavy atom. The van der Waals surface area contributed by atoms with Gasteiger partial charge in [0, 0.05) is 5.20 Å². The van der Waals surface area contributed by atoms with Gasteiger partial charge in [0.05, 0.1) is 21.4 Å². The number of rotatable bonds is 2. The van der Waals surface area contributed by atoms with Crippen LogP contribution >= 0.6 is 0 Å². The molecule has 0 unspecified atom stereocenters. The van der Waals surface area contributed by atoms with E-state index in [-0.39, 0.29) is 0 Å². The molecule has 0 radical (unpaired) electrons. The highest BCUT2D eigenvalue weighted by Gasteiger charge is 2.19. The second-order valence-corrected chi connectivity index (χ2v) is 15.3. The van der Waals surface area contributed by atoms with E-state index in [0.29, 0.717) is 0 Å². The van der Waals surface area contributed by atoms with Crippen molar-refractivity contribution in [3.05, 3.63) is 11.5 Å². The van der Waals surface area contributed by atoms with Crippen LogP contribution in [0, 0.1) is 11.5 Å². The van der Waals surface area contributed by atoms with Crippen LogP contribution in [0.4, 0.5) is 0 Å². The summed E-state index contributed by atoms with van der Waals surface area (Å²) in [5, 5.41) is 1.21. The molecule has 0 heterocycles. The van der Waals surface area contributed by atoms with Gasteiger partial charge in [0.25, 0.3) is 0 Å². The van der Waals surface area contributed by atoms with Crippen LogP contribution in [0.3, 0.4) is 0 Å². The van der Waals surface area contributed by atoms with E-state index in [9.17, 15) is 0 Å². The summed E-state index contributed by atoms with van der Waals surface area (Å²) in [4.78, 5) is 0. The first-order valence-electron chi connectivity index (χ1n) is 4.93. The van der Waals surface area contributed by atoms with E-state index in [4.69, 9.17) is 4.74 Å². The van der Waals surface area contributed by atoms with Crippen LogP contribution in [0.15, 0.2) is 11.5 Å². The van der Waals surface area contributed by atoms with Gasteiger partial charge in [0.15, 0.2) is 0 Å². The van der Waals surface area contributed by atoms with Crippen molar-refractivity contribution < 1.29 is 4.74 Å². The molecule has 0 amide bonds. The predicted molar refractivity (Wildman–Crippen MR) is 69.6 cm³/mol. The number of allylic oxidation sites excluding steroid dienone is 1. The molecule has 0 aromatic heterocycles. The molecule has 0 aliphatic heterocycles. The average Bonchev–Trinajstić information content (AvgIpc) is 1.93. The number of ether oxygens (including phenoxy) is 1. The minimum absolute atomic E-state index is 1.21. The lowest BCUT2D eigenvalue weighted by Crippen LogP contribution is -2.24. The Balaban J connectivity index is 4.88. The molecule has 0 spiro atoms. The summed E-state index contributed by atoms with van der Waals surface area (Å²) < 4.78 is 5.08. The third-order valence-corrected chi connectivity index (χ3v) is 4.35. The van der Waals surface area contributed by atoms with Crippen molar-refractivity contribution in [2.45, 2.75) is 39.3 Å². The molecule has 0 saturated carbocycles. The van der Waals surface area contributed by atoms with Crippen molar-refractivity contribution in [1.29, 1.82) is 0 Å². The lowest BCUT2D eigenvalue weighted by molar-refractivity contribution is 0.337. The Hall–Kier alpha value is -0.466. The van der Waals surface area contributed by atoms with Crippen LogP contribution in [0.1, 0.15) is 0 Å². The molecular weight excluding hydrogens is 204 g/mol. The van der Waals surface area contributed by atoms with Crippen LogP contribution in [0.2, 0.25) is 39.3 Å². The van der Waals surface area contributed by atoms with Crippen LogP contribution < -0.4 is 0 Å². The molecule has 0 aliphatic carbocycles. The van der Waals surface area contributed by atoms with Gasteiger partial charge in [-0.05, 0) is 0 Å². The minimum Gasteiger partial charge on any atom is -0.504 e. The molecule has 1 nitrogen and oxygen atoms in total. The van der Waals surface area contributed by atoms with Crippen LogP contribution in [0.5, 0.6) is 0 Å². The van der Waals surface area contributed by atoms with Gasteiger partial charge in [-0.3, -0.25) is 0 Å². The van der Waals surface area contributed by atoms with Gasteiger partial charge in [-0.25, -0.2) is 0 Å². The first kappa shape index (κ1) is 13.5. The molecule has 0 rings (SSSR count). The van der Waals surface area contributed by atoms with E-state index in [1.165, 1.54) is 5.20 Å². The van der Waals surface area contributed by atoms with Crippen molar-refractivity contribution in [2.24, 2.45) is 0 Å². The SMILES string of the molecule is CO/C=C(/C#C[Si](C)(C)C)[Si](C)(C)C. The smallest absolute Gasteiger partial charge is 0.129 e. The van der Waals surface area contributed by atoms with E-state index in [1.807, 2.05) is 6.26 Å². The predicted octanol–water partition coefficient (Wildman–Crippen LogP) is 3.27. The molecule has 0 aromatic carbocycles. The lowest BCUT2D eigenvalue weighted by Gasteiger charge is -2.15. The molecule has 0 bridgehead atoms. The molecule has 0 aromatic rings. The normalized spacial score (nSPS) is 13.2. The van der Waals surface area contributed by atoms with Gasteiger partial charge in [-0.2, -0.15) is 0 Å². The molecule has 14 heavy (non-hydrogen) atoms. The van der Waals surface area contributed by atoms with E-state index in [0.717, 1.165) is 0 Å². The van der Waals surface area contributed by atoms with Gasteiger partial charge in [-0.1, -0.05) is 45.2 Å². The third-order valence-electron chi connectivity index (χ3n) is 1.62. The number of methoxy groups -OCH3 is 1. The van der Waals surface area contributed by atoms with Crippen LogP contribution in [0.25, 0.3) is 0 Å². The van der Waals surface area contributed by atoms with Crippen molar-refractivity contribution in [1.82, 2.24) is 0 Å². The molecule has 3 heteroatoms. The first-order chi connectivity index (χ1) is 6.17. The van der Waals surface area contributed by atoms with Crippen molar-refractivity contribution in [3.63, 3.8) is 0 Å². The second kappa shape index (κ2) is 4.85. The summed E-state index contributed by atoms with van der Waals surface area (Å²) in [5.41, 5.74) is 3.39. The molecule has 0 saturated heterocycles. The maximum absolute atomic E-state index is 5.08. The zero-order chi connectivity index (χ0) is 11.4. The van der Waals surface area contributed by atoms with Gasteiger partial charge in [0.1, 0.15) is 8.07 Å². The largest absolute Gasteiger partial charge is 0.504 e. The summed E-state index contributed by atoms with van der Waals surface area (Å²) >= 11 is 0. The summed E-state index contributed by atoms with van der Waals surface area (Å²) in [6.07, 6.45) is 1.82. The number of hydrogen-bond donors (Lipinski definition) is 0.